The van der Waals surface area contributed by atoms with Crippen molar-refractivity contribution in [1.29, 1.82) is 0 Å². The Kier molecular flexibility index (Phi) is 6.53. The van der Waals surface area contributed by atoms with Gasteiger partial charge in [0.1, 0.15) is 0 Å². The molecule has 0 spiro atoms. The van der Waals surface area contributed by atoms with E-state index in [0.29, 0.717) is 45.0 Å². The molecule has 154 valence electrons. The van der Waals surface area contributed by atoms with Crippen molar-refractivity contribution in [2.45, 2.75) is 11.8 Å². The highest BCUT2D eigenvalue weighted by atomic mass is 32.2. The number of sulfonamides is 1. The van der Waals surface area contributed by atoms with Crippen molar-refractivity contribution in [3.63, 3.8) is 0 Å². The van der Waals surface area contributed by atoms with E-state index >= 15 is 0 Å². The zero-order valence-corrected chi connectivity index (χ0v) is 16.7. The zero-order valence-electron chi connectivity index (χ0n) is 15.9. The average molecular weight is 411 g/mol. The summed E-state index contributed by atoms with van der Waals surface area (Å²) >= 11 is 0. The summed E-state index contributed by atoms with van der Waals surface area (Å²) in [6, 6.07) is 5.64. The summed E-state index contributed by atoms with van der Waals surface area (Å²) in [4.78, 5) is 27.8. The van der Waals surface area contributed by atoms with Gasteiger partial charge in [-0.15, -0.1) is 0 Å². The molecule has 0 bridgehead atoms. The van der Waals surface area contributed by atoms with E-state index in [9.17, 15) is 18.0 Å². The number of morpholine rings is 1. The molecular formula is C18H25N3O6S. The van der Waals surface area contributed by atoms with Crippen LogP contribution in [0.25, 0.3) is 0 Å². The maximum Gasteiger partial charge on any atom is 0.338 e. The van der Waals surface area contributed by atoms with Crippen LogP contribution in [0.5, 0.6) is 0 Å². The van der Waals surface area contributed by atoms with E-state index < -0.39 is 16.0 Å². The predicted molar refractivity (Wildman–Crippen MR) is 101 cm³/mol. The highest BCUT2D eigenvalue weighted by Crippen LogP contribution is 2.19. The molecule has 1 aromatic rings. The maximum absolute atomic E-state index is 12.9. The first kappa shape index (κ1) is 20.6. The molecule has 9 nitrogen and oxygen atoms in total. The number of hydrogen-bond donors (Lipinski definition) is 0. The first-order valence-electron chi connectivity index (χ1n) is 9.32. The van der Waals surface area contributed by atoms with E-state index in [-0.39, 0.29) is 30.6 Å². The van der Waals surface area contributed by atoms with Crippen molar-refractivity contribution >= 4 is 22.0 Å². The number of carbonyl (C=O) groups is 2. The normalized spacial score (nSPS) is 18.8. The molecule has 2 amide bonds. The Morgan fingerprint density at radius 1 is 0.964 bits per heavy atom. The van der Waals surface area contributed by atoms with Gasteiger partial charge in [0, 0.05) is 39.3 Å². The van der Waals surface area contributed by atoms with Gasteiger partial charge >= 0.3 is 12.0 Å². The van der Waals surface area contributed by atoms with E-state index in [1.807, 2.05) is 0 Å². The van der Waals surface area contributed by atoms with Gasteiger partial charge in [-0.05, 0) is 31.2 Å². The highest BCUT2D eigenvalue weighted by molar-refractivity contribution is 7.89. The number of nitrogens with zero attached hydrogens (tertiary/aromatic N) is 3. The van der Waals surface area contributed by atoms with Crippen molar-refractivity contribution in [3.8, 4) is 0 Å². The molecule has 2 aliphatic rings. The van der Waals surface area contributed by atoms with Crippen LogP contribution in [-0.2, 0) is 19.5 Å². The van der Waals surface area contributed by atoms with E-state index in [1.165, 1.54) is 28.6 Å². The number of hydrogen-bond acceptors (Lipinski definition) is 6. The van der Waals surface area contributed by atoms with Crippen molar-refractivity contribution in [1.82, 2.24) is 14.1 Å². The average Bonchev–Trinajstić information content (AvgIpc) is 2.74. The Bertz CT molecular complexity index is 797. The molecule has 0 N–H and O–H groups in total. The van der Waals surface area contributed by atoms with Gasteiger partial charge in [-0.3, -0.25) is 0 Å². The van der Waals surface area contributed by atoms with E-state index in [2.05, 4.69) is 0 Å². The molecule has 2 fully saturated rings. The van der Waals surface area contributed by atoms with Crippen molar-refractivity contribution < 1.29 is 27.5 Å². The Balaban J connectivity index is 1.61. The van der Waals surface area contributed by atoms with E-state index in [4.69, 9.17) is 9.47 Å². The van der Waals surface area contributed by atoms with E-state index in [0.717, 1.165) is 0 Å². The number of benzene rings is 1. The molecule has 0 saturated carbocycles. The fourth-order valence-electron chi connectivity index (χ4n) is 3.20. The second-order valence-corrected chi connectivity index (χ2v) is 8.46. The molecule has 10 heteroatoms. The lowest BCUT2D eigenvalue weighted by molar-refractivity contribution is 0.0405. The first-order chi connectivity index (χ1) is 13.4. The topological polar surface area (TPSA) is 96.5 Å². The minimum Gasteiger partial charge on any atom is -0.462 e. The summed E-state index contributed by atoms with van der Waals surface area (Å²) in [5.74, 6) is -0.485. The van der Waals surface area contributed by atoms with Gasteiger partial charge in [0.2, 0.25) is 10.0 Å². The van der Waals surface area contributed by atoms with E-state index in [1.54, 1.807) is 16.7 Å². The zero-order chi connectivity index (χ0) is 20.1. The van der Waals surface area contributed by atoms with Gasteiger partial charge in [0.25, 0.3) is 0 Å². The Labute approximate surface area is 164 Å². The number of esters is 1. The van der Waals surface area contributed by atoms with Crippen LogP contribution in [-0.4, -0.2) is 93.6 Å². The number of urea groups is 1. The Morgan fingerprint density at radius 2 is 1.54 bits per heavy atom. The summed E-state index contributed by atoms with van der Waals surface area (Å²) in [5, 5.41) is 0. The minimum absolute atomic E-state index is 0.0702. The van der Waals surface area contributed by atoms with Crippen molar-refractivity contribution in [2.24, 2.45) is 0 Å². The third-order valence-corrected chi connectivity index (χ3v) is 6.71. The summed E-state index contributed by atoms with van der Waals surface area (Å²) in [5.41, 5.74) is 0.307. The van der Waals surface area contributed by atoms with Crippen LogP contribution in [0.15, 0.2) is 29.2 Å². The molecule has 0 atom stereocenters. The summed E-state index contributed by atoms with van der Waals surface area (Å²) in [6.45, 7) is 5.30. The third kappa shape index (κ3) is 4.45. The second-order valence-electron chi connectivity index (χ2n) is 6.52. The predicted octanol–water partition coefficient (Wildman–Crippen LogP) is 0.622. The fourth-order valence-corrected chi connectivity index (χ4v) is 4.62. The van der Waals surface area contributed by atoms with Crippen LogP contribution in [0.4, 0.5) is 4.79 Å². The Morgan fingerprint density at radius 3 is 2.11 bits per heavy atom. The molecule has 1 aromatic carbocycles. The largest absolute Gasteiger partial charge is 0.462 e. The molecular weight excluding hydrogens is 386 g/mol. The fraction of sp³-hybridized carbons (Fsp3) is 0.556. The summed E-state index contributed by atoms with van der Waals surface area (Å²) < 4.78 is 37.2. The number of ether oxygens (including phenoxy) is 2. The van der Waals surface area contributed by atoms with Gasteiger partial charge < -0.3 is 19.3 Å². The second kappa shape index (κ2) is 8.89. The number of amides is 2. The highest BCUT2D eigenvalue weighted by Gasteiger charge is 2.32. The van der Waals surface area contributed by atoms with Crippen LogP contribution in [0, 0.1) is 0 Å². The van der Waals surface area contributed by atoms with Crippen LogP contribution in [0.2, 0.25) is 0 Å². The van der Waals surface area contributed by atoms with Gasteiger partial charge in [-0.2, -0.15) is 4.31 Å². The first-order valence-corrected chi connectivity index (χ1v) is 10.8. The molecule has 3 rings (SSSR count). The number of rotatable bonds is 4. The molecule has 28 heavy (non-hydrogen) atoms. The van der Waals surface area contributed by atoms with Crippen LogP contribution >= 0.6 is 0 Å². The quantitative estimate of drug-likeness (QED) is 0.674. The Hall–Kier alpha value is -2.17. The van der Waals surface area contributed by atoms with Gasteiger partial charge in [0.15, 0.2) is 0 Å². The van der Waals surface area contributed by atoms with Crippen LogP contribution < -0.4 is 0 Å². The van der Waals surface area contributed by atoms with Crippen molar-refractivity contribution in [2.75, 3.05) is 59.1 Å². The summed E-state index contributed by atoms with van der Waals surface area (Å²) in [7, 11) is -3.68. The molecule has 2 saturated heterocycles. The van der Waals surface area contributed by atoms with Gasteiger partial charge in [-0.25, -0.2) is 18.0 Å². The summed E-state index contributed by atoms with van der Waals surface area (Å²) in [6.07, 6.45) is 0. The standard InChI is InChI=1S/C18H25N3O6S/c1-2-27-17(22)15-3-5-16(6-4-15)28(24,25)21-9-7-19(8-10-21)18(23)20-11-13-26-14-12-20/h3-6H,2,7-14H2,1H3. The van der Waals surface area contributed by atoms with Crippen molar-refractivity contribution in [3.05, 3.63) is 29.8 Å². The number of carbonyl (C=O) groups excluding carboxylic acids is 2. The molecule has 0 aromatic heterocycles. The lowest BCUT2D eigenvalue weighted by Crippen LogP contribution is -2.55. The SMILES string of the molecule is CCOC(=O)c1ccc(S(=O)(=O)N2CCN(C(=O)N3CCOCC3)CC2)cc1. The lowest BCUT2D eigenvalue weighted by atomic mass is 10.2. The van der Waals surface area contributed by atoms with Crippen LogP contribution in [0.3, 0.4) is 0 Å². The minimum atomic E-state index is -3.68. The molecule has 2 aliphatic heterocycles. The smallest absolute Gasteiger partial charge is 0.338 e. The van der Waals surface area contributed by atoms with Gasteiger partial charge in [-0.1, -0.05) is 0 Å². The lowest BCUT2D eigenvalue weighted by Gasteiger charge is -2.38. The monoisotopic (exact) mass is 411 g/mol. The molecule has 2 heterocycles. The maximum atomic E-state index is 12.9. The molecule has 0 aliphatic carbocycles. The van der Waals surface area contributed by atoms with Gasteiger partial charge in [0.05, 0.1) is 30.3 Å². The van der Waals surface area contributed by atoms with Crippen LogP contribution in [0.1, 0.15) is 17.3 Å². The molecule has 0 unspecified atom stereocenters. The molecule has 0 radical (unpaired) electrons. The number of piperazine rings is 1. The third-order valence-electron chi connectivity index (χ3n) is 4.79.